The maximum absolute atomic E-state index is 6.64. The van der Waals surface area contributed by atoms with Crippen LogP contribution in [0.5, 0.6) is 0 Å². The van der Waals surface area contributed by atoms with E-state index in [4.69, 9.17) is 4.42 Å². The van der Waals surface area contributed by atoms with Gasteiger partial charge in [-0.3, -0.25) is 0 Å². The summed E-state index contributed by atoms with van der Waals surface area (Å²) in [5.74, 6) is 0. The van der Waals surface area contributed by atoms with E-state index >= 15 is 0 Å². The third-order valence-electron chi connectivity index (χ3n) is 16.5. The van der Waals surface area contributed by atoms with Gasteiger partial charge >= 0.3 is 6.85 Å². The minimum atomic E-state index is -0.0782. The predicted octanol–water partition coefficient (Wildman–Crippen LogP) is 16.6. The number of aromatic nitrogens is 1. The molecule has 0 spiro atoms. The first kappa shape index (κ1) is 38.7. The highest BCUT2D eigenvalue weighted by atomic mass is 32.1. The maximum atomic E-state index is 6.64. The molecule has 2 aliphatic heterocycles. The Morgan fingerprint density at radius 3 is 2.00 bits per heavy atom. The van der Waals surface area contributed by atoms with Crippen LogP contribution in [0.2, 0.25) is 0 Å². The number of hydrogen-bond donors (Lipinski definition) is 0. The number of hydrogen-bond acceptors (Lipinski definition) is 4. The summed E-state index contributed by atoms with van der Waals surface area (Å²) < 4.78 is 14.7. The summed E-state index contributed by atoms with van der Waals surface area (Å²) >= 11 is 3.89. The Labute approximate surface area is 398 Å². The molecule has 324 valence electrons. The fraction of sp³-hybridized carbons (Fsp3) is 0.213. The first-order chi connectivity index (χ1) is 32.2. The first-order valence-electron chi connectivity index (χ1n) is 24.1. The van der Waals surface area contributed by atoms with Crippen LogP contribution in [0.15, 0.2) is 132 Å². The van der Waals surface area contributed by atoms with Gasteiger partial charge in [0, 0.05) is 84.5 Å². The number of furan rings is 1. The fourth-order valence-electron chi connectivity index (χ4n) is 12.9. The smallest absolute Gasteiger partial charge is 0.333 e. The number of fused-ring (bicyclic) bond motifs is 18. The summed E-state index contributed by atoms with van der Waals surface area (Å²) in [6, 6.07) is 49.7. The molecule has 6 heteroatoms. The number of rotatable bonds is 1. The highest BCUT2D eigenvalue weighted by Crippen LogP contribution is 2.53. The van der Waals surface area contributed by atoms with Gasteiger partial charge in [0.15, 0.2) is 0 Å². The second-order valence-corrected chi connectivity index (χ2v) is 24.5. The van der Waals surface area contributed by atoms with E-state index in [0.717, 1.165) is 21.9 Å². The van der Waals surface area contributed by atoms with Crippen LogP contribution >= 0.6 is 22.7 Å². The molecule has 4 aromatic heterocycles. The van der Waals surface area contributed by atoms with Crippen molar-refractivity contribution in [2.75, 3.05) is 4.81 Å². The molecule has 0 bridgehead atoms. The second-order valence-electron chi connectivity index (χ2n) is 22.4. The summed E-state index contributed by atoms with van der Waals surface area (Å²) in [5.41, 5.74) is 19.5. The number of anilines is 2. The number of thiophene rings is 2. The Balaban J connectivity index is 1.11. The predicted molar refractivity (Wildman–Crippen MR) is 292 cm³/mol. The van der Waals surface area contributed by atoms with Gasteiger partial charge in [-0.05, 0) is 141 Å². The average Bonchev–Trinajstić information content (AvgIpc) is 4.06. The topological polar surface area (TPSA) is 21.3 Å². The minimum Gasteiger partial charge on any atom is -0.456 e. The highest BCUT2D eigenvalue weighted by molar-refractivity contribution is 7.26. The maximum Gasteiger partial charge on any atom is 0.333 e. The number of para-hydroxylation sites is 1. The normalized spacial score (nSPS) is 16.1. The third-order valence-corrected chi connectivity index (χ3v) is 18.7. The Kier molecular flexibility index (Phi) is 7.28. The van der Waals surface area contributed by atoms with Crippen LogP contribution in [-0.2, 0) is 16.2 Å². The number of aryl methyl sites for hydroxylation is 1. The molecule has 1 aliphatic carbocycles. The molecule has 0 radical (unpaired) electrons. The molecule has 0 fully saturated rings. The van der Waals surface area contributed by atoms with Gasteiger partial charge in [0.25, 0.3) is 0 Å². The van der Waals surface area contributed by atoms with Gasteiger partial charge in [-0.1, -0.05) is 109 Å². The summed E-state index contributed by atoms with van der Waals surface area (Å²) in [6.07, 6.45) is 2.41. The van der Waals surface area contributed by atoms with Crippen LogP contribution in [0.25, 0.3) is 101 Å². The van der Waals surface area contributed by atoms with Crippen LogP contribution in [0, 0.1) is 6.92 Å². The van der Waals surface area contributed by atoms with Crippen LogP contribution in [0.1, 0.15) is 83.6 Å². The molecule has 12 aromatic rings. The van der Waals surface area contributed by atoms with E-state index in [0.29, 0.717) is 0 Å². The standard InChI is InChI=1S/C61H49BN2OS2/c1-32-23-42-37-24-39-40-25-44-45(61(7,8)22-21-60(44,5)6)29-53(40)67-54(39)30-48(37)64(34-19-17-33(18-20-34)59(2,3)4)62-46-26-41-36-14-10-12-16-52(36)66-55(41)31-49(46)63-47-27-38-35-13-9-11-15-50(35)65-51(38)28-43(47)56(32)58(63)57(42)62/h9-20,23-31H,21-22H2,1-8H3. The van der Waals surface area contributed by atoms with E-state index in [-0.39, 0.29) is 23.1 Å². The van der Waals surface area contributed by atoms with E-state index in [1.807, 2.05) is 22.7 Å². The zero-order valence-corrected chi connectivity index (χ0v) is 40.9. The lowest BCUT2D eigenvalue weighted by Crippen LogP contribution is -2.60. The van der Waals surface area contributed by atoms with Gasteiger partial charge in [-0.15, -0.1) is 22.7 Å². The Morgan fingerprint density at radius 2 is 1.22 bits per heavy atom. The van der Waals surface area contributed by atoms with Crippen molar-refractivity contribution in [3.8, 4) is 16.8 Å². The minimum absolute atomic E-state index is 0.0364. The Bertz CT molecular complexity index is 4220. The highest BCUT2D eigenvalue weighted by Gasteiger charge is 2.45. The summed E-state index contributed by atoms with van der Waals surface area (Å²) in [4.78, 5) is 2.72. The van der Waals surface area contributed by atoms with Crippen molar-refractivity contribution < 1.29 is 4.42 Å². The van der Waals surface area contributed by atoms with Crippen molar-refractivity contribution in [3.63, 3.8) is 0 Å². The van der Waals surface area contributed by atoms with Crippen LogP contribution in [0.4, 0.5) is 11.4 Å². The third kappa shape index (κ3) is 5.03. The van der Waals surface area contributed by atoms with Crippen molar-refractivity contribution >= 4 is 136 Å². The zero-order chi connectivity index (χ0) is 45.2. The van der Waals surface area contributed by atoms with Crippen molar-refractivity contribution in [1.82, 2.24) is 4.57 Å². The molecule has 0 saturated carbocycles. The van der Waals surface area contributed by atoms with E-state index in [2.05, 4.69) is 192 Å². The first-order valence-corrected chi connectivity index (χ1v) is 25.7. The molecular weight excluding hydrogens is 852 g/mol. The molecule has 0 amide bonds. The Morgan fingerprint density at radius 1 is 0.567 bits per heavy atom. The molecule has 3 aliphatic rings. The van der Waals surface area contributed by atoms with Gasteiger partial charge < -0.3 is 13.8 Å². The van der Waals surface area contributed by atoms with Crippen LogP contribution in [0.3, 0.4) is 0 Å². The van der Waals surface area contributed by atoms with Crippen LogP contribution < -0.4 is 15.7 Å². The van der Waals surface area contributed by atoms with Gasteiger partial charge in [0.1, 0.15) is 11.2 Å². The molecule has 67 heavy (non-hydrogen) atoms. The summed E-state index contributed by atoms with van der Waals surface area (Å²) in [6.45, 7) is 19.0. The van der Waals surface area contributed by atoms with Crippen molar-refractivity contribution in [1.29, 1.82) is 0 Å². The molecule has 0 N–H and O–H groups in total. The van der Waals surface area contributed by atoms with Crippen molar-refractivity contribution in [3.05, 3.63) is 150 Å². The zero-order valence-electron chi connectivity index (χ0n) is 39.2. The number of nitrogens with zero attached hydrogens (tertiary/aromatic N) is 2. The van der Waals surface area contributed by atoms with Gasteiger partial charge in [0.2, 0.25) is 0 Å². The van der Waals surface area contributed by atoms with Crippen molar-refractivity contribution in [2.24, 2.45) is 0 Å². The molecular formula is C61H49BN2OS2. The number of benzene rings is 8. The quantitative estimate of drug-likeness (QED) is 0.153. The molecule has 0 saturated heterocycles. The van der Waals surface area contributed by atoms with Crippen molar-refractivity contribution in [2.45, 2.75) is 84.5 Å². The fourth-order valence-corrected chi connectivity index (χ4v) is 15.1. The lowest BCUT2D eigenvalue weighted by Gasteiger charge is -2.42. The van der Waals surface area contributed by atoms with E-state index < -0.39 is 0 Å². The Hall–Kier alpha value is -6.34. The SMILES string of the molecule is Cc1cc2c3c4c1c1cc5oc6ccccc6c5cc1n4-c1cc4sc5ccccc5c4cc1B3N(c1ccc(C(C)(C)C)cc1)c1cc3sc4cc5c(cc4c3cc1-2)C(C)(C)CCC5(C)C. The van der Waals surface area contributed by atoms with E-state index in [1.165, 1.54) is 136 Å². The van der Waals surface area contributed by atoms with Gasteiger partial charge in [0.05, 0.1) is 11.0 Å². The average molecular weight is 901 g/mol. The lowest BCUT2D eigenvalue weighted by molar-refractivity contribution is 0.332. The largest absolute Gasteiger partial charge is 0.456 e. The van der Waals surface area contributed by atoms with E-state index in [9.17, 15) is 0 Å². The monoisotopic (exact) mass is 900 g/mol. The molecule has 6 heterocycles. The van der Waals surface area contributed by atoms with Gasteiger partial charge in [-0.2, -0.15) is 0 Å². The molecule has 0 unspecified atom stereocenters. The van der Waals surface area contributed by atoms with Crippen LogP contribution in [-0.4, -0.2) is 11.4 Å². The lowest BCUT2D eigenvalue weighted by atomic mass is 9.43. The summed E-state index contributed by atoms with van der Waals surface area (Å²) in [5, 5.41) is 10.3. The molecule has 0 atom stereocenters. The molecule has 3 nitrogen and oxygen atoms in total. The molecule has 8 aromatic carbocycles. The molecule has 15 rings (SSSR count). The summed E-state index contributed by atoms with van der Waals surface area (Å²) in [7, 11) is 0. The van der Waals surface area contributed by atoms with E-state index in [1.54, 1.807) is 0 Å². The second kappa shape index (κ2) is 12.6. The van der Waals surface area contributed by atoms with Gasteiger partial charge in [-0.25, -0.2) is 0 Å².